The molecule has 0 aliphatic heterocycles. The highest BCUT2D eigenvalue weighted by Crippen LogP contribution is 2.05. The van der Waals surface area contributed by atoms with Crippen LogP contribution in [0.15, 0.2) is 59.6 Å². The fraction of sp³-hybridized carbons (Fsp3) is 0.643. The predicted octanol–water partition coefficient (Wildman–Crippen LogP) is 11.8. The Hall–Kier alpha value is -0.950. The largest absolute Gasteiger partial charge is 0.148 e. The lowest BCUT2D eigenvalue weighted by molar-refractivity contribution is 0.962. The molecular formula is C28H60S. The van der Waals surface area contributed by atoms with Gasteiger partial charge in [0.25, 0.3) is 0 Å². The van der Waals surface area contributed by atoms with Crippen LogP contribution in [0.25, 0.3) is 0 Å². The zero-order chi connectivity index (χ0) is 24.9. The van der Waals surface area contributed by atoms with E-state index in [1.807, 2.05) is 89.2 Å². The molecule has 0 aromatic rings. The normalized spacial score (nSPS) is 10.6. The molecule has 0 N–H and O–H groups in total. The maximum Gasteiger partial charge on any atom is -0.0160 e. The molecule has 0 saturated carbocycles. The number of thiol groups is 1. The van der Waals surface area contributed by atoms with Crippen LogP contribution in [0.4, 0.5) is 0 Å². The lowest BCUT2D eigenvalue weighted by Gasteiger charge is -1.92. The molecule has 2 aliphatic carbocycles. The molecule has 29 heavy (non-hydrogen) atoms. The van der Waals surface area contributed by atoms with Gasteiger partial charge in [-0.25, -0.2) is 0 Å². The van der Waals surface area contributed by atoms with Crippen LogP contribution in [0.2, 0.25) is 0 Å². The Labute approximate surface area is 194 Å². The number of rotatable bonds is 1. The van der Waals surface area contributed by atoms with Gasteiger partial charge in [-0.15, -0.1) is 19.2 Å². The average Bonchev–Trinajstić information content (AvgIpc) is 3.25. The summed E-state index contributed by atoms with van der Waals surface area (Å²) < 4.78 is 0. The predicted molar refractivity (Wildman–Crippen MR) is 152 cm³/mol. The van der Waals surface area contributed by atoms with Gasteiger partial charge in [0.15, 0.2) is 0 Å². The summed E-state index contributed by atoms with van der Waals surface area (Å²) in [5.74, 6) is 0. The van der Waals surface area contributed by atoms with E-state index < -0.39 is 0 Å². The number of hydrogen-bond donors (Lipinski definition) is 1. The van der Waals surface area contributed by atoms with Crippen molar-refractivity contribution in [3.8, 4) is 0 Å². The van der Waals surface area contributed by atoms with Gasteiger partial charge in [0.1, 0.15) is 0 Å². The third kappa shape index (κ3) is 86.0. The maximum absolute atomic E-state index is 4.09. The van der Waals surface area contributed by atoms with Crippen LogP contribution in [0, 0.1) is 0 Å². The van der Waals surface area contributed by atoms with Gasteiger partial charge in [0.2, 0.25) is 0 Å². The molecule has 0 radical (unpaired) electrons. The lowest BCUT2D eigenvalue weighted by Crippen LogP contribution is -1.71. The molecule has 0 aromatic heterocycles. The standard InChI is InChI=1S/C6H8.C5H10S.C4H6.C3H6.5C2H6/c1-6-4-2-3-5-6;1-3-5(6)4-2;1-2-4-3-1;1-3-2;5*1-2/h2,4-5H,3H2,1H3;3,6H,4H2,1-2H3;1-2H,3-4H2;3H,1H2,2H3;5*1-2H3/b;5-3+;;;;;;;. The monoisotopic (exact) mass is 428 g/mol. The van der Waals surface area contributed by atoms with E-state index in [0.29, 0.717) is 0 Å². The molecule has 0 spiro atoms. The topological polar surface area (TPSA) is 0 Å². The Morgan fingerprint density at radius 2 is 1.17 bits per heavy atom. The molecule has 0 unspecified atom stereocenters. The summed E-state index contributed by atoms with van der Waals surface area (Å²) in [5, 5.41) is 0. The van der Waals surface area contributed by atoms with E-state index in [-0.39, 0.29) is 0 Å². The second-order valence-electron chi connectivity index (χ2n) is 4.18. The van der Waals surface area contributed by atoms with E-state index in [4.69, 9.17) is 0 Å². The third-order valence-electron chi connectivity index (χ3n) is 2.32. The highest BCUT2D eigenvalue weighted by Gasteiger charge is 1.84. The lowest BCUT2D eigenvalue weighted by atomic mass is 10.1. The molecule has 0 saturated heterocycles. The van der Waals surface area contributed by atoms with E-state index in [0.717, 1.165) is 17.7 Å². The van der Waals surface area contributed by atoms with Crippen LogP contribution in [0.1, 0.15) is 123 Å². The summed E-state index contributed by atoms with van der Waals surface area (Å²) in [7, 11) is 0. The van der Waals surface area contributed by atoms with Gasteiger partial charge < -0.3 is 0 Å². The Morgan fingerprint density at radius 3 is 1.21 bits per heavy atom. The van der Waals surface area contributed by atoms with Crippen molar-refractivity contribution >= 4 is 12.6 Å². The van der Waals surface area contributed by atoms with Gasteiger partial charge >= 0.3 is 0 Å². The maximum atomic E-state index is 4.09. The Bertz CT molecular complexity index is 308. The van der Waals surface area contributed by atoms with Crippen molar-refractivity contribution in [2.45, 2.75) is 123 Å². The van der Waals surface area contributed by atoms with Crippen LogP contribution >= 0.6 is 12.6 Å². The Balaban J connectivity index is -0.0000000396. The molecule has 2 aliphatic rings. The van der Waals surface area contributed by atoms with E-state index in [1.54, 1.807) is 6.08 Å². The summed E-state index contributed by atoms with van der Waals surface area (Å²) >= 11 is 4.09. The molecule has 178 valence electrons. The molecule has 0 heterocycles. The van der Waals surface area contributed by atoms with Crippen LogP contribution in [-0.2, 0) is 0 Å². The zero-order valence-electron chi connectivity index (χ0n) is 23.0. The van der Waals surface area contributed by atoms with E-state index in [9.17, 15) is 0 Å². The van der Waals surface area contributed by atoms with Gasteiger partial charge in [0, 0.05) is 0 Å². The minimum Gasteiger partial charge on any atom is -0.148 e. The summed E-state index contributed by atoms with van der Waals surface area (Å²) in [6, 6.07) is 0. The van der Waals surface area contributed by atoms with Crippen molar-refractivity contribution in [3.05, 3.63) is 59.6 Å². The van der Waals surface area contributed by atoms with E-state index in [1.165, 1.54) is 18.4 Å². The molecule has 1 heteroatoms. The van der Waals surface area contributed by atoms with Gasteiger partial charge in [-0.3, -0.25) is 0 Å². The molecule has 0 nitrogen and oxygen atoms in total. The summed E-state index contributed by atoms with van der Waals surface area (Å²) in [6.45, 7) is 31.4. The highest BCUT2D eigenvalue weighted by molar-refractivity contribution is 7.84. The molecule has 0 atom stereocenters. The fourth-order valence-corrected chi connectivity index (χ4v) is 0.947. The van der Waals surface area contributed by atoms with Gasteiger partial charge in [-0.2, -0.15) is 0 Å². The van der Waals surface area contributed by atoms with Crippen molar-refractivity contribution in [2.75, 3.05) is 0 Å². The van der Waals surface area contributed by atoms with Gasteiger partial charge in [0.05, 0.1) is 0 Å². The second kappa shape index (κ2) is 71.3. The molecule has 0 aromatic carbocycles. The van der Waals surface area contributed by atoms with Crippen LogP contribution in [0.3, 0.4) is 0 Å². The minimum absolute atomic E-state index is 1.06. The first-order chi connectivity index (χ1) is 14.1. The SMILES string of the molecule is C/C=C(/S)CC.C1=CCC1.C=CC.CC.CC.CC.CC.CC.CC1=CCC=C1. The van der Waals surface area contributed by atoms with Crippen molar-refractivity contribution in [1.82, 2.24) is 0 Å². The molecular weight excluding hydrogens is 368 g/mol. The highest BCUT2D eigenvalue weighted by atomic mass is 32.1. The first-order valence-corrected chi connectivity index (χ1v) is 12.5. The Morgan fingerprint density at radius 1 is 0.862 bits per heavy atom. The molecule has 0 bridgehead atoms. The first kappa shape index (κ1) is 46.3. The molecule has 0 amide bonds. The van der Waals surface area contributed by atoms with Crippen LogP contribution < -0.4 is 0 Å². The summed E-state index contributed by atoms with van der Waals surface area (Å²) in [6.07, 6.45) is 19.5. The van der Waals surface area contributed by atoms with Crippen molar-refractivity contribution in [3.63, 3.8) is 0 Å². The second-order valence-corrected chi connectivity index (χ2v) is 4.75. The fourth-order valence-electron chi connectivity index (χ4n) is 0.947. The van der Waals surface area contributed by atoms with Gasteiger partial charge in [-0.05, 0) is 51.4 Å². The van der Waals surface area contributed by atoms with Crippen LogP contribution in [-0.4, -0.2) is 0 Å². The quantitative estimate of drug-likeness (QED) is 0.311. The van der Waals surface area contributed by atoms with Crippen LogP contribution in [0.5, 0.6) is 0 Å². The van der Waals surface area contributed by atoms with Gasteiger partial charge in [-0.1, -0.05) is 124 Å². The first-order valence-electron chi connectivity index (χ1n) is 12.0. The van der Waals surface area contributed by atoms with Crippen molar-refractivity contribution < 1.29 is 0 Å². The average molecular weight is 429 g/mol. The zero-order valence-corrected chi connectivity index (χ0v) is 23.9. The Kier molecular flexibility index (Phi) is 114. The summed E-state index contributed by atoms with van der Waals surface area (Å²) in [4.78, 5) is 1.16. The summed E-state index contributed by atoms with van der Waals surface area (Å²) in [5.41, 5.74) is 1.40. The smallest absolute Gasteiger partial charge is 0.0160 e. The minimum atomic E-state index is 1.06. The molecule has 0 fully saturated rings. The van der Waals surface area contributed by atoms with Crippen molar-refractivity contribution in [2.24, 2.45) is 0 Å². The van der Waals surface area contributed by atoms with E-state index in [2.05, 4.69) is 63.4 Å². The molecule has 2 rings (SSSR count). The third-order valence-corrected chi connectivity index (χ3v) is 2.89. The van der Waals surface area contributed by atoms with E-state index >= 15 is 0 Å². The number of hydrogen-bond acceptors (Lipinski definition) is 1. The van der Waals surface area contributed by atoms with Crippen molar-refractivity contribution in [1.29, 1.82) is 0 Å². The number of allylic oxidation sites excluding steroid dienone is 9.